The lowest BCUT2D eigenvalue weighted by Gasteiger charge is -2.38. The van der Waals surface area contributed by atoms with Gasteiger partial charge in [0.1, 0.15) is 6.61 Å². The highest BCUT2D eigenvalue weighted by Crippen LogP contribution is 2.31. The van der Waals surface area contributed by atoms with Crippen LogP contribution < -0.4 is 5.32 Å². The largest absolute Gasteiger partial charge is 0.356 e. The zero-order valence-electron chi connectivity index (χ0n) is 15.1. The maximum absolute atomic E-state index is 12.7. The highest BCUT2D eigenvalue weighted by atomic mass is 16.5. The van der Waals surface area contributed by atoms with Crippen molar-refractivity contribution < 1.29 is 14.3 Å². The maximum atomic E-state index is 12.7. The van der Waals surface area contributed by atoms with Gasteiger partial charge in [-0.2, -0.15) is 0 Å². The Labute approximate surface area is 153 Å². The Balaban J connectivity index is 1.66. The molecule has 0 spiro atoms. The van der Waals surface area contributed by atoms with E-state index in [-0.39, 0.29) is 18.4 Å². The van der Waals surface area contributed by atoms with Crippen molar-refractivity contribution >= 4 is 11.8 Å². The van der Waals surface area contributed by atoms with Gasteiger partial charge in [-0.05, 0) is 24.5 Å². The van der Waals surface area contributed by atoms with E-state index in [4.69, 9.17) is 4.74 Å². The summed E-state index contributed by atoms with van der Waals surface area (Å²) in [5.41, 5.74) is 1.96. The molecule has 7 nitrogen and oxygen atoms in total. The Hall–Kier alpha value is -2.67. The SMILES string of the molecule is Cc1ccccc1[C@@H]1[C@@H](C(=O)NCCCn2ccnc2)OCC(=O)N1C. The Morgan fingerprint density at radius 2 is 2.19 bits per heavy atom. The summed E-state index contributed by atoms with van der Waals surface area (Å²) in [6, 6.07) is 7.34. The van der Waals surface area contributed by atoms with E-state index in [0.717, 1.165) is 24.1 Å². The number of benzene rings is 1. The predicted molar refractivity (Wildman–Crippen MR) is 96.3 cm³/mol. The number of nitrogens with one attached hydrogen (secondary N) is 1. The van der Waals surface area contributed by atoms with Crippen LogP contribution in [-0.2, 0) is 20.9 Å². The van der Waals surface area contributed by atoms with Crippen LogP contribution in [0.5, 0.6) is 0 Å². The number of morpholine rings is 1. The lowest BCUT2D eigenvalue weighted by atomic mass is 9.94. The molecule has 26 heavy (non-hydrogen) atoms. The molecule has 1 saturated heterocycles. The van der Waals surface area contributed by atoms with Gasteiger partial charge in [-0.15, -0.1) is 0 Å². The first-order chi connectivity index (χ1) is 12.6. The lowest BCUT2D eigenvalue weighted by molar-refractivity contribution is -0.162. The van der Waals surface area contributed by atoms with E-state index in [9.17, 15) is 9.59 Å². The van der Waals surface area contributed by atoms with Gasteiger partial charge in [0.2, 0.25) is 5.91 Å². The van der Waals surface area contributed by atoms with Gasteiger partial charge in [-0.1, -0.05) is 24.3 Å². The van der Waals surface area contributed by atoms with Crippen LogP contribution in [0.2, 0.25) is 0 Å². The smallest absolute Gasteiger partial charge is 0.251 e. The summed E-state index contributed by atoms with van der Waals surface area (Å²) in [6.07, 6.45) is 5.45. The Morgan fingerprint density at radius 1 is 1.38 bits per heavy atom. The molecule has 2 atom stereocenters. The third kappa shape index (κ3) is 3.94. The average Bonchev–Trinajstić information content (AvgIpc) is 3.15. The van der Waals surface area contributed by atoms with Crippen LogP contribution in [-0.4, -0.2) is 52.6 Å². The zero-order chi connectivity index (χ0) is 18.5. The van der Waals surface area contributed by atoms with E-state index in [2.05, 4.69) is 10.3 Å². The van der Waals surface area contributed by atoms with E-state index in [1.54, 1.807) is 24.5 Å². The van der Waals surface area contributed by atoms with Gasteiger partial charge in [-0.3, -0.25) is 9.59 Å². The molecule has 3 rings (SSSR count). The van der Waals surface area contributed by atoms with Crippen molar-refractivity contribution in [3.05, 3.63) is 54.1 Å². The summed E-state index contributed by atoms with van der Waals surface area (Å²) >= 11 is 0. The monoisotopic (exact) mass is 356 g/mol. The molecular weight excluding hydrogens is 332 g/mol. The first kappa shape index (κ1) is 18.1. The zero-order valence-corrected chi connectivity index (χ0v) is 15.1. The average molecular weight is 356 g/mol. The molecule has 1 fully saturated rings. The van der Waals surface area contributed by atoms with Gasteiger partial charge in [0.05, 0.1) is 12.4 Å². The van der Waals surface area contributed by atoms with E-state index < -0.39 is 12.1 Å². The third-order valence-electron chi connectivity index (χ3n) is 4.70. The van der Waals surface area contributed by atoms with Crippen molar-refractivity contribution in [2.45, 2.75) is 32.0 Å². The number of nitrogens with zero attached hydrogens (tertiary/aromatic N) is 3. The summed E-state index contributed by atoms with van der Waals surface area (Å²) in [6.45, 7) is 3.22. The number of aryl methyl sites for hydroxylation is 2. The molecule has 0 bridgehead atoms. The minimum Gasteiger partial charge on any atom is -0.356 e. The molecule has 0 aliphatic carbocycles. The molecule has 1 aromatic carbocycles. The number of carbonyl (C=O) groups excluding carboxylic acids is 2. The molecule has 2 aromatic rings. The first-order valence-electron chi connectivity index (χ1n) is 8.74. The molecule has 138 valence electrons. The number of hydrogen-bond acceptors (Lipinski definition) is 4. The van der Waals surface area contributed by atoms with Crippen LogP contribution >= 0.6 is 0 Å². The quantitative estimate of drug-likeness (QED) is 0.792. The van der Waals surface area contributed by atoms with Crippen LogP contribution in [0, 0.1) is 6.92 Å². The van der Waals surface area contributed by atoms with Crippen LogP contribution in [0.3, 0.4) is 0 Å². The highest BCUT2D eigenvalue weighted by molar-refractivity contribution is 5.86. The molecule has 1 aromatic heterocycles. The molecule has 0 radical (unpaired) electrons. The second kappa shape index (κ2) is 8.14. The minimum atomic E-state index is -0.716. The van der Waals surface area contributed by atoms with Gasteiger partial charge in [0.15, 0.2) is 6.10 Å². The number of hydrogen-bond donors (Lipinski definition) is 1. The Kier molecular flexibility index (Phi) is 5.68. The normalized spacial score (nSPS) is 20.2. The predicted octanol–water partition coefficient (Wildman–Crippen LogP) is 1.30. The van der Waals surface area contributed by atoms with Crippen LogP contribution in [0.25, 0.3) is 0 Å². The van der Waals surface area contributed by atoms with Crippen LogP contribution in [0.15, 0.2) is 43.0 Å². The number of imidazole rings is 1. The Morgan fingerprint density at radius 3 is 2.92 bits per heavy atom. The van der Waals surface area contributed by atoms with Gasteiger partial charge in [0.25, 0.3) is 5.91 Å². The summed E-state index contributed by atoms with van der Waals surface area (Å²) in [7, 11) is 1.72. The first-order valence-corrected chi connectivity index (χ1v) is 8.74. The molecule has 1 aliphatic rings. The van der Waals surface area contributed by atoms with E-state index >= 15 is 0 Å². The molecule has 2 heterocycles. The topological polar surface area (TPSA) is 76.5 Å². The molecule has 1 aliphatic heterocycles. The maximum Gasteiger partial charge on any atom is 0.251 e. The second-order valence-corrected chi connectivity index (χ2v) is 6.48. The lowest BCUT2D eigenvalue weighted by Crippen LogP contribution is -2.53. The van der Waals surface area contributed by atoms with Crippen LogP contribution in [0.4, 0.5) is 0 Å². The van der Waals surface area contributed by atoms with Gasteiger partial charge >= 0.3 is 0 Å². The van der Waals surface area contributed by atoms with E-state index in [1.807, 2.05) is 42.0 Å². The minimum absolute atomic E-state index is 0.0774. The van der Waals surface area contributed by atoms with Gasteiger partial charge < -0.3 is 19.5 Å². The molecular formula is C19H24N4O3. The molecule has 0 saturated carbocycles. The van der Waals surface area contributed by atoms with Crippen LogP contribution in [0.1, 0.15) is 23.6 Å². The van der Waals surface area contributed by atoms with E-state index in [1.165, 1.54) is 0 Å². The fourth-order valence-corrected chi connectivity index (χ4v) is 3.21. The van der Waals surface area contributed by atoms with Crippen molar-refractivity contribution in [3.8, 4) is 0 Å². The summed E-state index contributed by atoms with van der Waals surface area (Å²) < 4.78 is 7.59. The van der Waals surface area contributed by atoms with E-state index in [0.29, 0.717) is 6.54 Å². The van der Waals surface area contributed by atoms with Crippen molar-refractivity contribution in [2.24, 2.45) is 0 Å². The number of carbonyl (C=O) groups is 2. The molecule has 2 amide bonds. The summed E-state index contributed by atoms with van der Waals surface area (Å²) in [4.78, 5) is 30.4. The number of amides is 2. The molecule has 1 N–H and O–H groups in total. The third-order valence-corrected chi connectivity index (χ3v) is 4.70. The summed E-state index contributed by atoms with van der Waals surface area (Å²) in [5, 5.41) is 2.93. The number of aromatic nitrogens is 2. The molecule has 0 unspecified atom stereocenters. The van der Waals surface area contributed by atoms with Crippen molar-refractivity contribution in [2.75, 3.05) is 20.2 Å². The van der Waals surface area contributed by atoms with Gasteiger partial charge in [0, 0.05) is 32.5 Å². The number of rotatable bonds is 6. The highest BCUT2D eigenvalue weighted by Gasteiger charge is 2.40. The number of ether oxygens (including phenoxy) is 1. The molecule has 7 heteroatoms. The van der Waals surface area contributed by atoms with Gasteiger partial charge in [-0.25, -0.2) is 4.98 Å². The van der Waals surface area contributed by atoms with Crippen molar-refractivity contribution in [3.63, 3.8) is 0 Å². The standard InChI is InChI=1S/C19H24N4O3/c1-14-6-3-4-7-15(14)17-18(26-12-16(24)22(17)2)19(25)21-8-5-10-23-11-9-20-13-23/h3-4,6-7,9,11,13,17-18H,5,8,10,12H2,1-2H3,(H,21,25)/t17-,18+/m1/s1. The van der Waals surface area contributed by atoms with Crippen molar-refractivity contribution in [1.82, 2.24) is 19.8 Å². The van der Waals surface area contributed by atoms with Crippen molar-refractivity contribution in [1.29, 1.82) is 0 Å². The second-order valence-electron chi connectivity index (χ2n) is 6.48. The number of likely N-dealkylation sites (N-methyl/N-ethyl adjacent to an activating group) is 1. The summed E-state index contributed by atoms with van der Waals surface area (Å²) in [5.74, 6) is -0.314. The fourth-order valence-electron chi connectivity index (χ4n) is 3.21. The Bertz CT molecular complexity index is 760. The fraction of sp³-hybridized carbons (Fsp3) is 0.421.